The number of aliphatic hydroxyl groups excluding tert-OH is 1. The SMILES string of the molecule is OC(Cc1ccc(Br)cc1F)c1ccsc1. The van der Waals surface area contributed by atoms with Crippen molar-refractivity contribution in [3.05, 3.63) is 56.4 Å². The molecule has 0 radical (unpaired) electrons. The van der Waals surface area contributed by atoms with Gasteiger partial charge in [-0.25, -0.2) is 4.39 Å². The van der Waals surface area contributed by atoms with Gasteiger partial charge in [0.1, 0.15) is 5.82 Å². The number of hydrogen-bond acceptors (Lipinski definition) is 2. The molecule has 0 saturated heterocycles. The normalized spacial score (nSPS) is 12.7. The van der Waals surface area contributed by atoms with Gasteiger partial charge in [-0.15, -0.1) is 0 Å². The molecular weight excluding hydrogens is 291 g/mol. The van der Waals surface area contributed by atoms with Crippen LogP contribution in [0.15, 0.2) is 39.5 Å². The van der Waals surface area contributed by atoms with E-state index in [2.05, 4.69) is 15.9 Å². The Hall–Kier alpha value is -0.710. The molecule has 1 N–H and O–H groups in total. The molecule has 4 heteroatoms. The molecule has 0 aliphatic carbocycles. The van der Waals surface area contributed by atoms with Crippen LogP contribution in [-0.4, -0.2) is 5.11 Å². The zero-order valence-corrected chi connectivity index (χ0v) is 10.8. The van der Waals surface area contributed by atoms with Gasteiger partial charge in [0, 0.05) is 10.9 Å². The number of aliphatic hydroxyl groups is 1. The van der Waals surface area contributed by atoms with E-state index in [1.807, 2.05) is 16.8 Å². The van der Waals surface area contributed by atoms with E-state index in [-0.39, 0.29) is 5.82 Å². The first-order valence-electron chi connectivity index (χ1n) is 4.81. The maximum atomic E-state index is 13.5. The molecule has 1 nitrogen and oxygen atoms in total. The zero-order chi connectivity index (χ0) is 11.5. The molecular formula is C12H10BrFOS. The molecule has 0 aliphatic rings. The largest absolute Gasteiger partial charge is 0.388 e. The third kappa shape index (κ3) is 2.70. The Balaban J connectivity index is 2.15. The summed E-state index contributed by atoms with van der Waals surface area (Å²) in [5.74, 6) is -0.288. The highest BCUT2D eigenvalue weighted by molar-refractivity contribution is 9.10. The summed E-state index contributed by atoms with van der Waals surface area (Å²) in [6, 6.07) is 6.73. The minimum Gasteiger partial charge on any atom is -0.388 e. The lowest BCUT2D eigenvalue weighted by molar-refractivity contribution is 0.177. The summed E-state index contributed by atoms with van der Waals surface area (Å²) in [4.78, 5) is 0. The van der Waals surface area contributed by atoms with Crippen molar-refractivity contribution >= 4 is 27.3 Å². The van der Waals surface area contributed by atoms with Crippen LogP contribution >= 0.6 is 27.3 Å². The van der Waals surface area contributed by atoms with Crippen molar-refractivity contribution in [1.82, 2.24) is 0 Å². The molecule has 16 heavy (non-hydrogen) atoms. The fourth-order valence-electron chi connectivity index (χ4n) is 1.48. The van der Waals surface area contributed by atoms with E-state index in [0.717, 1.165) is 5.56 Å². The smallest absolute Gasteiger partial charge is 0.127 e. The number of rotatable bonds is 3. The van der Waals surface area contributed by atoms with Crippen molar-refractivity contribution in [2.24, 2.45) is 0 Å². The van der Waals surface area contributed by atoms with Crippen molar-refractivity contribution in [3.63, 3.8) is 0 Å². The second kappa shape index (κ2) is 5.08. The van der Waals surface area contributed by atoms with Crippen LogP contribution in [0.4, 0.5) is 4.39 Å². The number of halogens is 2. The fraction of sp³-hybridized carbons (Fsp3) is 0.167. The molecule has 0 aliphatic heterocycles. The summed E-state index contributed by atoms with van der Waals surface area (Å²) in [5.41, 5.74) is 1.37. The van der Waals surface area contributed by atoms with Gasteiger partial charge in [-0.3, -0.25) is 0 Å². The molecule has 1 aromatic carbocycles. The van der Waals surface area contributed by atoms with Crippen LogP contribution in [0, 0.1) is 5.82 Å². The van der Waals surface area contributed by atoms with E-state index in [9.17, 15) is 9.50 Å². The average Bonchev–Trinajstić information content (AvgIpc) is 2.75. The molecule has 0 spiro atoms. The predicted molar refractivity (Wildman–Crippen MR) is 67.1 cm³/mol. The van der Waals surface area contributed by atoms with Crippen molar-refractivity contribution < 1.29 is 9.50 Å². The maximum Gasteiger partial charge on any atom is 0.127 e. The molecule has 0 saturated carbocycles. The van der Waals surface area contributed by atoms with Gasteiger partial charge >= 0.3 is 0 Å². The Labute approximate surface area is 106 Å². The first-order valence-corrected chi connectivity index (χ1v) is 6.54. The van der Waals surface area contributed by atoms with Crippen LogP contribution in [0.1, 0.15) is 17.2 Å². The second-order valence-corrected chi connectivity index (χ2v) is 5.21. The van der Waals surface area contributed by atoms with E-state index in [1.54, 1.807) is 12.1 Å². The van der Waals surface area contributed by atoms with Gasteiger partial charge in [-0.2, -0.15) is 11.3 Å². The molecule has 1 atom stereocenters. The van der Waals surface area contributed by atoms with Crippen LogP contribution in [0.3, 0.4) is 0 Å². The summed E-state index contributed by atoms with van der Waals surface area (Å²) in [6.45, 7) is 0. The summed E-state index contributed by atoms with van der Waals surface area (Å²) in [5, 5.41) is 13.7. The molecule has 84 valence electrons. The maximum absolute atomic E-state index is 13.5. The summed E-state index contributed by atoms with van der Waals surface area (Å²) < 4.78 is 14.2. The zero-order valence-electron chi connectivity index (χ0n) is 8.36. The minimum atomic E-state index is -0.637. The first kappa shape index (κ1) is 11.8. The minimum absolute atomic E-state index is 0.288. The molecule has 2 aromatic rings. The number of benzene rings is 1. The van der Waals surface area contributed by atoms with Gasteiger partial charge in [0.2, 0.25) is 0 Å². The highest BCUT2D eigenvalue weighted by atomic mass is 79.9. The van der Waals surface area contributed by atoms with Gasteiger partial charge in [0.15, 0.2) is 0 Å². The van der Waals surface area contributed by atoms with E-state index >= 15 is 0 Å². The lowest BCUT2D eigenvalue weighted by atomic mass is 10.0. The van der Waals surface area contributed by atoms with Gasteiger partial charge in [0.05, 0.1) is 6.10 Å². The predicted octanol–water partition coefficient (Wildman–Crippen LogP) is 3.93. The van der Waals surface area contributed by atoms with Crippen LogP contribution in [0.5, 0.6) is 0 Å². The molecule has 1 heterocycles. The van der Waals surface area contributed by atoms with E-state index in [1.165, 1.54) is 17.4 Å². The summed E-state index contributed by atoms with van der Waals surface area (Å²) in [7, 11) is 0. The monoisotopic (exact) mass is 300 g/mol. The van der Waals surface area contributed by atoms with E-state index in [4.69, 9.17) is 0 Å². The Morgan fingerprint density at radius 2 is 2.19 bits per heavy atom. The van der Waals surface area contributed by atoms with Gasteiger partial charge in [-0.05, 0) is 40.1 Å². The van der Waals surface area contributed by atoms with Crippen molar-refractivity contribution in [2.75, 3.05) is 0 Å². The van der Waals surface area contributed by atoms with Gasteiger partial charge < -0.3 is 5.11 Å². The highest BCUT2D eigenvalue weighted by Gasteiger charge is 2.12. The Morgan fingerprint density at radius 3 is 2.81 bits per heavy atom. The van der Waals surface area contributed by atoms with Crippen molar-refractivity contribution in [2.45, 2.75) is 12.5 Å². The molecule has 0 bridgehead atoms. The Morgan fingerprint density at radius 1 is 1.38 bits per heavy atom. The lowest BCUT2D eigenvalue weighted by Crippen LogP contribution is -2.02. The Kier molecular flexibility index (Phi) is 3.74. The number of thiophene rings is 1. The quantitative estimate of drug-likeness (QED) is 0.911. The Bertz CT molecular complexity index is 470. The summed E-state index contributed by atoms with van der Waals surface area (Å²) >= 11 is 4.72. The molecule has 0 fully saturated rings. The number of hydrogen-bond donors (Lipinski definition) is 1. The standard InChI is InChI=1S/C12H10BrFOS/c13-10-2-1-8(11(14)6-10)5-12(15)9-3-4-16-7-9/h1-4,6-7,12,15H,5H2. The second-order valence-electron chi connectivity index (χ2n) is 3.51. The van der Waals surface area contributed by atoms with Crippen molar-refractivity contribution in [1.29, 1.82) is 0 Å². The molecule has 2 rings (SSSR count). The molecule has 1 aromatic heterocycles. The molecule has 1 unspecified atom stereocenters. The van der Waals surface area contributed by atoms with Gasteiger partial charge in [-0.1, -0.05) is 22.0 Å². The topological polar surface area (TPSA) is 20.2 Å². The average molecular weight is 301 g/mol. The first-order chi connectivity index (χ1) is 7.66. The van der Waals surface area contributed by atoms with E-state index < -0.39 is 6.10 Å². The van der Waals surface area contributed by atoms with Crippen molar-refractivity contribution in [3.8, 4) is 0 Å². The van der Waals surface area contributed by atoms with E-state index in [0.29, 0.717) is 16.5 Å². The van der Waals surface area contributed by atoms with Crippen LogP contribution in [0.25, 0.3) is 0 Å². The van der Waals surface area contributed by atoms with Gasteiger partial charge in [0.25, 0.3) is 0 Å². The van der Waals surface area contributed by atoms with Crippen LogP contribution < -0.4 is 0 Å². The van der Waals surface area contributed by atoms with Crippen LogP contribution in [-0.2, 0) is 6.42 Å². The fourth-order valence-corrected chi connectivity index (χ4v) is 2.52. The third-order valence-electron chi connectivity index (χ3n) is 2.36. The lowest BCUT2D eigenvalue weighted by Gasteiger charge is -2.09. The molecule has 0 amide bonds. The summed E-state index contributed by atoms with van der Waals surface area (Å²) in [6.07, 6.45) is -0.336. The third-order valence-corrected chi connectivity index (χ3v) is 3.55. The highest BCUT2D eigenvalue weighted by Crippen LogP contribution is 2.23. The van der Waals surface area contributed by atoms with Crippen LogP contribution in [0.2, 0.25) is 0 Å².